The maximum atomic E-state index is 12.8. The van der Waals surface area contributed by atoms with E-state index >= 15 is 0 Å². The topological polar surface area (TPSA) is 81.9 Å². The normalized spacial score (nSPS) is 10.6. The summed E-state index contributed by atoms with van der Waals surface area (Å²) in [5.74, 6) is 1.31. The monoisotopic (exact) mass is 413 g/mol. The molecule has 1 N–H and O–H groups in total. The van der Waals surface area contributed by atoms with Gasteiger partial charge in [0.05, 0.1) is 17.5 Å². The molecule has 31 heavy (non-hydrogen) atoms. The Morgan fingerprint density at radius 2 is 1.87 bits per heavy atom. The van der Waals surface area contributed by atoms with Crippen LogP contribution in [0.4, 0.5) is 0 Å². The van der Waals surface area contributed by atoms with Crippen molar-refractivity contribution in [3.63, 3.8) is 0 Å². The van der Waals surface area contributed by atoms with Crippen LogP contribution in [0.15, 0.2) is 79.4 Å². The highest BCUT2D eigenvalue weighted by atomic mass is 16.5. The average molecular weight is 413 g/mol. The Hall–Kier alpha value is -4.00. The highest BCUT2D eigenvalue weighted by molar-refractivity contribution is 5.95. The van der Waals surface area contributed by atoms with Crippen molar-refractivity contribution in [1.29, 1.82) is 0 Å². The first-order chi connectivity index (χ1) is 15.2. The van der Waals surface area contributed by atoms with Crippen LogP contribution in [0.1, 0.15) is 34.1 Å². The summed E-state index contributed by atoms with van der Waals surface area (Å²) in [4.78, 5) is 21.2. The minimum absolute atomic E-state index is 0.157. The van der Waals surface area contributed by atoms with Crippen LogP contribution < -0.4 is 10.1 Å². The summed E-state index contributed by atoms with van der Waals surface area (Å²) in [5, 5.41) is 7.33. The van der Waals surface area contributed by atoms with E-state index in [1.807, 2.05) is 61.5 Å². The lowest BCUT2D eigenvalue weighted by atomic mass is 10.1. The first kappa shape index (κ1) is 20.3. The van der Waals surface area contributed by atoms with Crippen LogP contribution in [-0.2, 0) is 19.6 Å². The quantitative estimate of drug-likeness (QED) is 0.476. The van der Waals surface area contributed by atoms with Crippen molar-refractivity contribution < 1.29 is 9.53 Å². The summed E-state index contributed by atoms with van der Waals surface area (Å²) in [6.45, 7) is 2.88. The highest BCUT2D eigenvalue weighted by Crippen LogP contribution is 2.16. The van der Waals surface area contributed by atoms with Crippen molar-refractivity contribution in [3.8, 4) is 11.6 Å². The Labute approximate surface area is 180 Å². The van der Waals surface area contributed by atoms with Gasteiger partial charge < -0.3 is 10.1 Å². The van der Waals surface area contributed by atoms with Gasteiger partial charge in [-0.05, 0) is 42.3 Å². The van der Waals surface area contributed by atoms with E-state index in [1.165, 1.54) is 0 Å². The summed E-state index contributed by atoms with van der Waals surface area (Å²) in [7, 11) is 0. The number of benzene rings is 1. The van der Waals surface area contributed by atoms with Crippen molar-refractivity contribution in [2.75, 3.05) is 0 Å². The first-order valence-electron chi connectivity index (χ1n) is 10.1. The summed E-state index contributed by atoms with van der Waals surface area (Å²) < 4.78 is 7.48. The number of carbonyl (C=O) groups excluding carboxylic acids is 1. The van der Waals surface area contributed by atoms with Gasteiger partial charge in [0.15, 0.2) is 5.82 Å². The maximum absolute atomic E-state index is 12.8. The SMILES string of the molecule is CCc1c(C(=O)NCc2ccc(OCc3cccnc3)cc2)cnn1-c1ccccn1. The molecule has 0 unspecified atom stereocenters. The van der Waals surface area contributed by atoms with Gasteiger partial charge in [0.25, 0.3) is 5.91 Å². The third-order valence-electron chi connectivity index (χ3n) is 4.82. The molecule has 4 aromatic rings. The van der Waals surface area contributed by atoms with E-state index in [0.717, 1.165) is 22.6 Å². The number of hydrogen-bond acceptors (Lipinski definition) is 5. The summed E-state index contributed by atoms with van der Waals surface area (Å²) in [6, 6.07) is 17.1. The van der Waals surface area contributed by atoms with E-state index in [0.29, 0.717) is 31.0 Å². The molecule has 1 amide bonds. The molecule has 4 rings (SSSR count). The van der Waals surface area contributed by atoms with Gasteiger partial charge in [0.1, 0.15) is 12.4 Å². The van der Waals surface area contributed by atoms with Crippen molar-refractivity contribution in [3.05, 3.63) is 102 Å². The van der Waals surface area contributed by atoms with Gasteiger partial charge in [-0.1, -0.05) is 31.2 Å². The maximum Gasteiger partial charge on any atom is 0.255 e. The number of pyridine rings is 2. The molecular formula is C24H23N5O2. The first-order valence-corrected chi connectivity index (χ1v) is 10.1. The zero-order valence-electron chi connectivity index (χ0n) is 17.2. The Kier molecular flexibility index (Phi) is 6.32. The summed E-state index contributed by atoms with van der Waals surface area (Å²) in [5.41, 5.74) is 3.38. The second-order valence-electron chi connectivity index (χ2n) is 6.93. The molecular weight excluding hydrogens is 390 g/mol. The lowest BCUT2D eigenvalue weighted by Crippen LogP contribution is -2.23. The molecule has 0 fully saturated rings. The molecule has 3 aromatic heterocycles. The van der Waals surface area contributed by atoms with Gasteiger partial charge in [0.2, 0.25) is 0 Å². The molecule has 0 saturated heterocycles. The predicted octanol–water partition coefficient (Wildman–Crippen LogP) is 3.73. The summed E-state index contributed by atoms with van der Waals surface area (Å²) >= 11 is 0. The van der Waals surface area contributed by atoms with E-state index in [-0.39, 0.29) is 5.91 Å². The van der Waals surface area contributed by atoms with Gasteiger partial charge in [-0.15, -0.1) is 0 Å². The number of nitrogens with zero attached hydrogens (tertiary/aromatic N) is 4. The van der Waals surface area contributed by atoms with E-state index < -0.39 is 0 Å². The molecule has 0 atom stereocenters. The lowest BCUT2D eigenvalue weighted by molar-refractivity contribution is 0.0950. The van der Waals surface area contributed by atoms with Gasteiger partial charge in [-0.2, -0.15) is 5.10 Å². The van der Waals surface area contributed by atoms with Gasteiger partial charge in [-0.3, -0.25) is 9.78 Å². The van der Waals surface area contributed by atoms with Gasteiger partial charge in [-0.25, -0.2) is 9.67 Å². The van der Waals surface area contributed by atoms with Crippen LogP contribution >= 0.6 is 0 Å². The molecule has 3 heterocycles. The lowest BCUT2D eigenvalue weighted by Gasteiger charge is -2.09. The van der Waals surface area contributed by atoms with E-state index in [1.54, 1.807) is 29.5 Å². The molecule has 7 heteroatoms. The van der Waals surface area contributed by atoms with Crippen LogP contribution in [-0.4, -0.2) is 25.7 Å². The number of hydrogen-bond donors (Lipinski definition) is 1. The van der Waals surface area contributed by atoms with Crippen LogP contribution in [0.5, 0.6) is 5.75 Å². The molecule has 0 bridgehead atoms. The van der Waals surface area contributed by atoms with Crippen LogP contribution in [0.2, 0.25) is 0 Å². The van der Waals surface area contributed by atoms with Crippen LogP contribution in [0.25, 0.3) is 5.82 Å². The fourth-order valence-corrected chi connectivity index (χ4v) is 3.21. The average Bonchev–Trinajstić information content (AvgIpc) is 3.27. The van der Waals surface area contributed by atoms with Crippen LogP contribution in [0.3, 0.4) is 0 Å². The zero-order chi connectivity index (χ0) is 21.5. The van der Waals surface area contributed by atoms with Crippen LogP contribution in [0, 0.1) is 0 Å². The number of carbonyl (C=O) groups is 1. The largest absolute Gasteiger partial charge is 0.489 e. The molecule has 0 saturated carbocycles. The molecule has 156 valence electrons. The molecule has 0 spiro atoms. The molecule has 0 aliphatic rings. The van der Waals surface area contributed by atoms with Gasteiger partial charge in [0, 0.05) is 30.7 Å². The standard InChI is InChI=1S/C24H23N5O2/c1-2-22-21(16-28-29(22)23-7-3-4-13-26-23)24(30)27-15-18-8-10-20(11-9-18)31-17-19-6-5-12-25-14-19/h3-14,16H,2,15,17H2,1H3,(H,27,30). The molecule has 0 radical (unpaired) electrons. The Bertz CT molecular complexity index is 1130. The molecule has 0 aliphatic carbocycles. The minimum Gasteiger partial charge on any atom is -0.489 e. The number of ether oxygens (including phenoxy) is 1. The van der Waals surface area contributed by atoms with Crippen molar-refractivity contribution in [1.82, 2.24) is 25.1 Å². The Morgan fingerprint density at radius 1 is 1.00 bits per heavy atom. The van der Waals surface area contributed by atoms with Crippen molar-refractivity contribution >= 4 is 5.91 Å². The van der Waals surface area contributed by atoms with E-state index in [2.05, 4.69) is 20.4 Å². The number of aromatic nitrogens is 4. The number of amides is 1. The fraction of sp³-hybridized carbons (Fsp3) is 0.167. The smallest absolute Gasteiger partial charge is 0.255 e. The third kappa shape index (κ3) is 4.95. The summed E-state index contributed by atoms with van der Waals surface area (Å²) in [6.07, 6.45) is 7.49. The fourth-order valence-electron chi connectivity index (χ4n) is 3.21. The van der Waals surface area contributed by atoms with E-state index in [9.17, 15) is 4.79 Å². The predicted molar refractivity (Wildman–Crippen MR) is 117 cm³/mol. The van der Waals surface area contributed by atoms with E-state index in [4.69, 9.17) is 4.74 Å². The third-order valence-corrected chi connectivity index (χ3v) is 4.82. The molecule has 0 aliphatic heterocycles. The van der Waals surface area contributed by atoms with Crippen molar-refractivity contribution in [2.24, 2.45) is 0 Å². The highest BCUT2D eigenvalue weighted by Gasteiger charge is 2.17. The molecule has 7 nitrogen and oxygen atoms in total. The Morgan fingerprint density at radius 3 is 2.58 bits per heavy atom. The van der Waals surface area contributed by atoms with Gasteiger partial charge >= 0.3 is 0 Å². The van der Waals surface area contributed by atoms with Crippen molar-refractivity contribution in [2.45, 2.75) is 26.5 Å². The number of rotatable bonds is 8. The Balaban J connectivity index is 1.36. The molecule has 1 aromatic carbocycles. The second kappa shape index (κ2) is 9.67. The minimum atomic E-state index is -0.157. The number of nitrogens with one attached hydrogen (secondary N) is 1. The zero-order valence-corrected chi connectivity index (χ0v) is 17.2. The second-order valence-corrected chi connectivity index (χ2v) is 6.93.